The maximum Gasteiger partial charge on any atom is 0.336 e. The van der Waals surface area contributed by atoms with Gasteiger partial charge in [0, 0.05) is 29.2 Å². The first-order valence-electron chi connectivity index (χ1n) is 10.8. The fraction of sp³-hybridized carbons (Fsp3) is 0.308. The Kier molecular flexibility index (Phi) is 7.06. The highest BCUT2D eigenvalue weighted by atomic mass is 16.5. The van der Waals surface area contributed by atoms with Gasteiger partial charge in [0.2, 0.25) is 0 Å². The van der Waals surface area contributed by atoms with Crippen molar-refractivity contribution in [3.63, 3.8) is 0 Å². The molecule has 0 amide bonds. The number of aromatic nitrogens is 1. The van der Waals surface area contributed by atoms with Crippen LogP contribution in [0.25, 0.3) is 0 Å². The number of hydrogen-bond acceptors (Lipinski definition) is 6. The van der Waals surface area contributed by atoms with Crippen LogP contribution in [0.15, 0.2) is 65.6 Å². The summed E-state index contributed by atoms with van der Waals surface area (Å²) in [5.41, 5.74) is 1.93. The minimum absolute atomic E-state index is 0.316. The number of nitrogens with one attached hydrogen (secondary N) is 1. The Balaban J connectivity index is 2.28. The Morgan fingerprint density at radius 2 is 2.00 bits per heavy atom. The number of aldehydes is 1. The van der Waals surface area contributed by atoms with Crippen LogP contribution in [0.1, 0.15) is 56.0 Å². The monoisotopic (exact) mass is 461 g/mol. The van der Waals surface area contributed by atoms with Gasteiger partial charge in [0.25, 0.3) is 0 Å². The van der Waals surface area contributed by atoms with Gasteiger partial charge in [0.15, 0.2) is 0 Å². The number of aliphatic carboxylic acids is 1. The summed E-state index contributed by atoms with van der Waals surface area (Å²) in [7, 11) is 1.29. The number of carboxylic acids is 1. The molecule has 2 N–H and O–H groups in total. The maximum atomic E-state index is 13.0. The molecule has 3 unspecified atom stereocenters. The molecule has 8 heteroatoms. The van der Waals surface area contributed by atoms with Gasteiger partial charge in [-0.1, -0.05) is 24.3 Å². The Bertz CT molecular complexity index is 1210. The number of rotatable bonds is 8. The minimum atomic E-state index is -1.33. The van der Waals surface area contributed by atoms with Crippen LogP contribution in [-0.2, 0) is 19.1 Å². The van der Waals surface area contributed by atoms with Crippen LogP contribution in [0.5, 0.6) is 0 Å². The van der Waals surface area contributed by atoms with Gasteiger partial charge < -0.3 is 24.5 Å². The van der Waals surface area contributed by atoms with Crippen molar-refractivity contribution in [1.29, 1.82) is 5.26 Å². The number of ether oxygens (including phenoxy) is 1. The highest BCUT2D eigenvalue weighted by Crippen LogP contribution is 2.47. The molecule has 1 aliphatic rings. The van der Waals surface area contributed by atoms with E-state index in [-0.39, 0.29) is 0 Å². The van der Waals surface area contributed by atoms with Crippen molar-refractivity contribution in [3.8, 4) is 6.07 Å². The molecule has 0 aliphatic carbocycles. The van der Waals surface area contributed by atoms with Crippen molar-refractivity contribution < 1.29 is 24.2 Å². The lowest BCUT2D eigenvalue weighted by Crippen LogP contribution is -2.43. The van der Waals surface area contributed by atoms with E-state index in [0.717, 1.165) is 0 Å². The number of carbonyl (C=O) groups is 3. The lowest BCUT2D eigenvalue weighted by molar-refractivity contribution is -0.143. The number of carbonyl (C=O) groups excluding carboxylic acids is 2. The molecule has 8 nitrogen and oxygen atoms in total. The molecule has 2 aromatic rings. The number of hydrogen-bond donors (Lipinski definition) is 2. The summed E-state index contributed by atoms with van der Waals surface area (Å²) >= 11 is 0. The van der Waals surface area contributed by atoms with E-state index in [1.54, 1.807) is 61.3 Å². The van der Waals surface area contributed by atoms with Gasteiger partial charge in [-0.3, -0.25) is 4.79 Å². The Morgan fingerprint density at radius 1 is 1.29 bits per heavy atom. The largest absolute Gasteiger partial charge is 0.481 e. The molecule has 0 saturated carbocycles. The Labute approximate surface area is 198 Å². The van der Waals surface area contributed by atoms with Crippen LogP contribution in [0.2, 0.25) is 0 Å². The van der Waals surface area contributed by atoms with Crippen molar-refractivity contribution in [2.24, 2.45) is 5.41 Å². The van der Waals surface area contributed by atoms with Gasteiger partial charge in [-0.25, -0.2) is 4.79 Å². The van der Waals surface area contributed by atoms with E-state index in [9.17, 15) is 24.8 Å². The third-order valence-electron chi connectivity index (χ3n) is 6.27. The average Bonchev–Trinajstić information content (AvgIpc) is 3.34. The smallest absolute Gasteiger partial charge is 0.336 e. The minimum Gasteiger partial charge on any atom is -0.481 e. The molecular formula is C26H27N3O5. The molecule has 34 heavy (non-hydrogen) atoms. The summed E-state index contributed by atoms with van der Waals surface area (Å²) in [6.45, 7) is 5.17. The first-order valence-corrected chi connectivity index (χ1v) is 10.8. The summed E-state index contributed by atoms with van der Waals surface area (Å²) in [5.74, 6) is -2.23. The number of allylic oxidation sites excluding steroid dienone is 3. The zero-order chi connectivity index (χ0) is 25.0. The van der Waals surface area contributed by atoms with Crippen molar-refractivity contribution >= 4 is 18.2 Å². The number of nitrogens with zero attached hydrogens (tertiary/aromatic N) is 2. The van der Waals surface area contributed by atoms with Crippen molar-refractivity contribution in [2.75, 3.05) is 7.11 Å². The van der Waals surface area contributed by atoms with Crippen molar-refractivity contribution in [2.45, 2.75) is 39.2 Å². The highest BCUT2D eigenvalue weighted by Gasteiger charge is 2.45. The molecule has 1 aromatic carbocycles. The van der Waals surface area contributed by atoms with Crippen LogP contribution < -0.4 is 0 Å². The van der Waals surface area contributed by atoms with Crippen LogP contribution >= 0.6 is 0 Å². The van der Waals surface area contributed by atoms with Crippen LogP contribution in [0.4, 0.5) is 0 Å². The zero-order valence-corrected chi connectivity index (χ0v) is 19.5. The summed E-state index contributed by atoms with van der Waals surface area (Å²) in [4.78, 5) is 42.0. The molecule has 176 valence electrons. The van der Waals surface area contributed by atoms with E-state index < -0.39 is 35.7 Å². The fourth-order valence-electron chi connectivity index (χ4n) is 4.75. The Morgan fingerprint density at radius 3 is 2.56 bits per heavy atom. The molecule has 3 atom stereocenters. The van der Waals surface area contributed by atoms with E-state index in [0.29, 0.717) is 40.1 Å². The maximum absolute atomic E-state index is 13.0. The number of benzene rings is 1. The second-order valence-electron chi connectivity index (χ2n) is 8.57. The molecule has 1 aliphatic heterocycles. The number of esters is 1. The van der Waals surface area contributed by atoms with E-state index in [1.807, 2.05) is 13.0 Å². The SMILES string of the molecule is COC(=O)C1=C(C)N(C(c2ccc[nH]2)C(C)(C=O)CC(=O)O)C(C)=CC1c1ccccc1C#N. The number of carboxylic acid groups (broad SMARTS) is 1. The summed E-state index contributed by atoms with van der Waals surface area (Å²) in [6, 6.07) is 12.0. The van der Waals surface area contributed by atoms with Gasteiger partial charge in [-0.2, -0.15) is 5.26 Å². The van der Waals surface area contributed by atoms with Gasteiger partial charge in [0.1, 0.15) is 6.29 Å². The van der Waals surface area contributed by atoms with E-state index >= 15 is 0 Å². The number of H-pyrrole nitrogens is 1. The first kappa shape index (κ1) is 24.5. The standard InChI is InChI=1S/C26H27N3O5/c1-16-12-20(19-9-6-5-8-18(19)14-27)23(25(33)34-4)17(2)29(16)24(21-10-7-11-28-21)26(3,15-30)13-22(31)32/h5-12,15,20,24,28H,13H2,1-4H3,(H,31,32). The Hall–Kier alpha value is -4.12. The number of methoxy groups -OCH3 is 1. The number of nitriles is 1. The molecule has 0 fully saturated rings. The lowest BCUT2D eigenvalue weighted by Gasteiger charge is -2.45. The van der Waals surface area contributed by atoms with Crippen LogP contribution in [0, 0.1) is 16.7 Å². The van der Waals surface area contributed by atoms with Crippen molar-refractivity contribution in [1.82, 2.24) is 9.88 Å². The number of aromatic amines is 1. The molecule has 0 spiro atoms. The predicted octanol–water partition coefficient (Wildman–Crippen LogP) is 4.06. The highest BCUT2D eigenvalue weighted by molar-refractivity contribution is 5.92. The summed E-state index contributed by atoms with van der Waals surface area (Å²) in [5, 5.41) is 19.2. The summed E-state index contributed by atoms with van der Waals surface area (Å²) < 4.78 is 5.11. The summed E-state index contributed by atoms with van der Waals surface area (Å²) in [6.07, 6.45) is 3.79. The second-order valence-corrected chi connectivity index (χ2v) is 8.57. The molecule has 3 rings (SSSR count). The molecule has 0 saturated heterocycles. The van der Waals surface area contributed by atoms with Crippen LogP contribution in [-0.4, -0.2) is 40.3 Å². The first-order chi connectivity index (χ1) is 16.2. The van der Waals surface area contributed by atoms with Crippen molar-refractivity contribution in [3.05, 3.63) is 82.5 Å². The van der Waals surface area contributed by atoms with Gasteiger partial charge in [-0.05, 0) is 44.5 Å². The lowest BCUT2D eigenvalue weighted by atomic mass is 9.76. The van der Waals surface area contributed by atoms with E-state index in [2.05, 4.69) is 11.1 Å². The molecule has 1 aromatic heterocycles. The zero-order valence-electron chi connectivity index (χ0n) is 19.5. The quantitative estimate of drug-likeness (QED) is 0.449. The van der Waals surface area contributed by atoms with E-state index in [1.165, 1.54) is 7.11 Å². The van der Waals surface area contributed by atoms with Gasteiger partial charge >= 0.3 is 11.9 Å². The predicted molar refractivity (Wildman–Crippen MR) is 124 cm³/mol. The molecule has 0 bridgehead atoms. The topological polar surface area (TPSA) is 123 Å². The molecule has 0 radical (unpaired) electrons. The molecular weight excluding hydrogens is 434 g/mol. The second kappa shape index (κ2) is 9.79. The third kappa shape index (κ3) is 4.37. The van der Waals surface area contributed by atoms with Crippen LogP contribution in [0.3, 0.4) is 0 Å². The normalized spacial score (nSPS) is 18.4. The third-order valence-corrected chi connectivity index (χ3v) is 6.27. The van der Waals surface area contributed by atoms with Gasteiger partial charge in [-0.15, -0.1) is 0 Å². The average molecular weight is 462 g/mol. The fourth-order valence-corrected chi connectivity index (χ4v) is 4.75. The molecule has 2 heterocycles. The van der Waals surface area contributed by atoms with Gasteiger partial charge in [0.05, 0.1) is 42.2 Å². The van der Waals surface area contributed by atoms with E-state index in [4.69, 9.17) is 4.74 Å².